The molecule has 0 saturated carbocycles. The van der Waals surface area contributed by atoms with E-state index in [4.69, 9.17) is 9.52 Å². The van der Waals surface area contributed by atoms with Gasteiger partial charge in [0.05, 0.1) is 11.4 Å². The number of aromatic nitrogens is 2. The van der Waals surface area contributed by atoms with Gasteiger partial charge >= 0.3 is 5.97 Å². The SMILES string of the molecule is CC(C)c1cc(=O)[nH]c(SCc2ccc(C(=O)O)o2)n1. The van der Waals surface area contributed by atoms with Crippen molar-refractivity contribution in [2.75, 3.05) is 0 Å². The van der Waals surface area contributed by atoms with E-state index in [9.17, 15) is 9.59 Å². The Morgan fingerprint density at radius 2 is 2.25 bits per heavy atom. The van der Waals surface area contributed by atoms with Crippen molar-refractivity contribution in [2.24, 2.45) is 0 Å². The Kier molecular flexibility index (Phi) is 4.29. The first-order chi connectivity index (χ1) is 9.45. The van der Waals surface area contributed by atoms with Gasteiger partial charge in [0.2, 0.25) is 5.76 Å². The number of carboxylic acids is 1. The highest BCUT2D eigenvalue weighted by atomic mass is 32.2. The Balaban J connectivity index is 2.10. The Morgan fingerprint density at radius 3 is 2.85 bits per heavy atom. The van der Waals surface area contributed by atoms with Crippen molar-refractivity contribution in [3.63, 3.8) is 0 Å². The fourth-order valence-electron chi connectivity index (χ4n) is 1.53. The van der Waals surface area contributed by atoms with E-state index in [0.717, 1.165) is 5.69 Å². The number of thioether (sulfide) groups is 1. The molecule has 6 nitrogen and oxygen atoms in total. The van der Waals surface area contributed by atoms with Crippen molar-refractivity contribution in [3.05, 3.63) is 45.8 Å². The molecular formula is C13H14N2O4S. The molecule has 2 N–H and O–H groups in total. The summed E-state index contributed by atoms with van der Waals surface area (Å²) in [7, 11) is 0. The Morgan fingerprint density at radius 1 is 1.50 bits per heavy atom. The van der Waals surface area contributed by atoms with Crippen LogP contribution in [-0.4, -0.2) is 21.0 Å². The summed E-state index contributed by atoms with van der Waals surface area (Å²) in [6, 6.07) is 4.48. The first kappa shape index (κ1) is 14.4. The number of aromatic amines is 1. The van der Waals surface area contributed by atoms with E-state index in [1.807, 2.05) is 13.8 Å². The summed E-state index contributed by atoms with van der Waals surface area (Å²) in [5, 5.41) is 9.25. The number of carboxylic acid groups (broad SMARTS) is 1. The first-order valence-corrected chi connectivity index (χ1v) is 7.00. The fourth-order valence-corrected chi connectivity index (χ4v) is 2.30. The number of rotatable bonds is 5. The lowest BCUT2D eigenvalue weighted by atomic mass is 10.1. The topological polar surface area (TPSA) is 96.2 Å². The molecule has 0 bridgehead atoms. The third kappa shape index (κ3) is 3.51. The average molecular weight is 294 g/mol. The Labute approximate surface area is 119 Å². The fraction of sp³-hybridized carbons (Fsp3) is 0.308. The van der Waals surface area contributed by atoms with E-state index < -0.39 is 5.97 Å². The molecule has 0 aromatic carbocycles. The quantitative estimate of drug-likeness (QED) is 0.649. The van der Waals surface area contributed by atoms with Crippen LogP contribution in [0.5, 0.6) is 0 Å². The highest BCUT2D eigenvalue weighted by Gasteiger charge is 2.10. The summed E-state index contributed by atoms with van der Waals surface area (Å²) in [5.41, 5.74) is 0.527. The van der Waals surface area contributed by atoms with Gasteiger partial charge in [0.25, 0.3) is 5.56 Å². The average Bonchev–Trinajstić information content (AvgIpc) is 2.84. The van der Waals surface area contributed by atoms with Crippen LogP contribution in [0.1, 0.15) is 41.8 Å². The minimum Gasteiger partial charge on any atom is -0.475 e. The van der Waals surface area contributed by atoms with Gasteiger partial charge in [-0.1, -0.05) is 25.6 Å². The lowest BCUT2D eigenvalue weighted by Gasteiger charge is -2.05. The Bertz CT molecular complexity index is 675. The van der Waals surface area contributed by atoms with Crippen molar-refractivity contribution in [1.29, 1.82) is 0 Å². The predicted octanol–water partition coefficient (Wildman–Crippen LogP) is 2.48. The summed E-state index contributed by atoms with van der Waals surface area (Å²) in [4.78, 5) is 29.2. The maximum atomic E-state index is 11.5. The second kappa shape index (κ2) is 5.96. The van der Waals surface area contributed by atoms with E-state index in [2.05, 4.69) is 9.97 Å². The van der Waals surface area contributed by atoms with E-state index in [1.54, 1.807) is 6.07 Å². The first-order valence-electron chi connectivity index (χ1n) is 6.02. The summed E-state index contributed by atoms with van der Waals surface area (Å²) >= 11 is 1.29. The van der Waals surface area contributed by atoms with E-state index in [1.165, 1.54) is 23.9 Å². The molecule has 0 amide bonds. The van der Waals surface area contributed by atoms with Gasteiger partial charge in [-0.3, -0.25) is 4.79 Å². The van der Waals surface area contributed by atoms with Gasteiger partial charge in [-0.2, -0.15) is 0 Å². The van der Waals surface area contributed by atoms with Crippen LogP contribution >= 0.6 is 11.8 Å². The molecule has 0 atom stereocenters. The normalized spacial score (nSPS) is 10.9. The molecule has 7 heteroatoms. The number of hydrogen-bond acceptors (Lipinski definition) is 5. The zero-order chi connectivity index (χ0) is 14.7. The largest absolute Gasteiger partial charge is 0.475 e. The van der Waals surface area contributed by atoms with E-state index >= 15 is 0 Å². The van der Waals surface area contributed by atoms with Gasteiger partial charge in [0.1, 0.15) is 5.76 Å². The summed E-state index contributed by atoms with van der Waals surface area (Å²) in [6.07, 6.45) is 0. The maximum absolute atomic E-state index is 11.5. The van der Waals surface area contributed by atoms with Crippen LogP contribution < -0.4 is 5.56 Å². The monoisotopic (exact) mass is 294 g/mol. The third-order valence-electron chi connectivity index (χ3n) is 2.55. The Hall–Kier alpha value is -2.02. The smallest absolute Gasteiger partial charge is 0.371 e. The minimum absolute atomic E-state index is 0.0991. The second-order valence-corrected chi connectivity index (χ2v) is 5.45. The standard InChI is InChI=1S/C13H14N2O4S/c1-7(2)9-5-11(16)15-13(14-9)20-6-8-3-4-10(19-8)12(17)18/h3-5,7H,6H2,1-2H3,(H,17,18)(H,14,15,16). The number of nitrogens with zero attached hydrogens (tertiary/aromatic N) is 1. The number of carbonyl (C=O) groups is 1. The molecular weight excluding hydrogens is 280 g/mol. The highest BCUT2D eigenvalue weighted by molar-refractivity contribution is 7.98. The third-order valence-corrected chi connectivity index (χ3v) is 3.45. The van der Waals surface area contributed by atoms with Crippen LogP contribution in [0, 0.1) is 0 Å². The highest BCUT2D eigenvalue weighted by Crippen LogP contribution is 2.21. The number of furan rings is 1. The van der Waals surface area contributed by atoms with Crippen LogP contribution in [0.15, 0.2) is 32.6 Å². The van der Waals surface area contributed by atoms with Gasteiger partial charge in [-0.15, -0.1) is 0 Å². The molecule has 0 saturated heterocycles. The van der Waals surface area contributed by atoms with Crippen molar-refractivity contribution in [3.8, 4) is 0 Å². The van der Waals surface area contributed by atoms with E-state index in [0.29, 0.717) is 16.7 Å². The number of H-pyrrole nitrogens is 1. The molecule has 0 spiro atoms. The number of hydrogen-bond donors (Lipinski definition) is 2. The summed E-state index contributed by atoms with van der Waals surface area (Å²) in [6.45, 7) is 3.92. The van der Waals surface area contributed by atoms with Gasteiger partial charge < -0.3 is 14.5 Å². The van der Waals surface area contributed by atoms with Crippen molar-refractivity contribution in [1.82, 2.24) is 9.97 Å². The zero-order valence-electron chi connectivity index (χ0n) is 11.0. The van der Waals surface area contributed by atoms with Crippen LogP contribution in [0.4, 0.5) is 0 Å². The zero-order valence-corrected chi connectivity index (χ0v) is 11.9. The van der Waals surface area contributed by atoms with Gasteiger partial charge in [-0.25, -0.2) is 9.78 Å². The molecule has 2 heterocycles. The van der Waals surface area contributed by atoms with Crippen molar-refractivity contribution >= 4 is 17.7 Å². The predicted molar refractivity (Wildman–Crippen MR) is 74.2 cm³/mol. The molecule has 2 aromatic rings. The molecule has 0 aliphatic carbocycles. The lowest BCUT2D eigenvalue weighted by molar-refractivity contribution is 0.0661. The molecule has 2 rings (SSSR count). The molecule has 2 aromatic heterocycles. The van der Waals surface area contributed by atoms with Gasteiger partial charge in [-0.05, 0) is 18.1 Å². The molecule has 0 radical (unpaired) electrons. The second-order valence-electron chi connectivity index (χ2n) is 4.49. The number of aromatic carboxylic acids is 1. The number of nitrogens with one attached hydrogen (secondary N) is 1. The van der Waals surface area contributed by atoms with Gasteiger partial charge in [0, 0.05) is 6.07 Å². The van der Waals surface area contributed by atoms with Crippen LogP contribution in [0.2, 0.25) is 0 Å². The van der Waals surface area contributed by atoms with Crippen molar-refractivity contribution in [2.45, 2.75) is 30.7 Å². The molecule has 106 valence electrons. The minimum atomic E-state index is -1.10. The molecule has 0 aliphatic heterocycles. The summed E-state index contributed by atoms with van der Waals surface area (Å²) < 4.78 is 5.13. The molecule has 0 aliphatic rings. The van der Waals surface area contributed by atoms with Crippen LogP contribution in [0.3, 0.4) is 0 Å². The molecule has 0 fully saturated rings. The van der Waals surface area contributed by atoms with Crippen LogP contribution in [0.25, 0.3) is 0 Å². The van der Waals surface area contributed by atoms with E-state index in [-0.39, 0.29) is 17.2 Å². The van der Waals surface area contributed by atoms with Crippen LogP contribution in [-0.2, 0) is 5.75 Å². The maximum Gasteiger partial charge on any atom is 0.371 e. The molecule has 0 unspecified atom stereocenters. The lowest BCUT2D eigenvalue weighted by Crippen LogP contribution is -2.10. The molecule has 20 heavy (non-hydrogen) atoms. The van der Waals surface area contributed by atoms with Gasteiger partial charge in [0.15, 0.2) is 5.16 Å². The van der Waals surface area contributed by atoms with Crippen molar-refractivity contribution < 1.29 is 14.3 Å². The summed E-state index contributed by atoms with van der Waals surface area (Å²) in [5.74, 6) is -0.117.